The second-order valence-electron chi connectivity index (χ2n) is 0. The lowest BCUT2D eigenvalue weighted by molar-refractivity contribution is 0.902. The maximum absolute atomic E-state index is 9.00. The Morgan fingerprint density at radius 2 is 1.25 bits per heavy atom. The van der Waals surface area contributed by atoms with Gasteiger partial charge in [0.25, 0.3) is 0 Å². The zero-order valence-electron chi connectivity index (χ0n) is 1.94. The molecule has 0 aromatic rings. The van der Waals surface area contributed by atoms with Crippen LogP contribution >= 0.6 is 0 Å². The van der Waals surface area contributed by atoms with Gasteiger partial charge < -0.3 is 4.32 Å². The third-order valence-electron chi connectivity index (χ3n) is 0. The summed E-state index contributed by atoms with van der Waals surface area (Å²) in [6.07, 6.45) is 0. The molecule has 0 amide bonds. The first-order valence-corrected chi connectivity index (χ1v) is 0.218. The predicted molar refractivity (Wildman–Crippen MR) is 15.1 cm³/mol. The molecule has 0 nitrogen and oxygen atoms in total. The molecule has 0 aliphatic carbocycles. The van der Waals surface area contributed by atoms with E-state index in [0.717, 1.165) is 0 Å². The van der Waals surface area contributed by atoms with E-state index >= 15 is 0 Å². The third-order valence-corrected chi connectivity index (χ3v) is 0. The maximum atomic E-state index is 9.00. The van der Waals surface area contributed by atoms with Gasteiger partial charge in [-0.15, -0.1) is 0 Å². The van der Waals surface area contributed by atoms with Crippen LogP contribution in [-0.4, -0.2) is 16.5 Å². The first kappa shape index (κ1) is 36.4. The fourth-order valence-corrected chi connectivity index (χ4v) is 0. The van der Waals surface area contributed by atoms with Gasteiger partial charge in [0.1, 0.15) is 0 Å². The number of rotatable bonds is 0. The average molecular weight is 60.6 g/mol. The lowest BCUT2D eigenvalue weighted by Gasteiger charge is -1.06. The van der Waals surface area contributed by atoms with Crippen LogP contribution in [-0.2, 0) is 0 Å². The van der Waals surface area contributed by atoms with Gasteiger partial charge in [0.05, 0.1) is 0 Å². The van der Waals surface area contributed by atoms with E-state index in [4.69, 9.17) is 4.32 Å². The molecule has 0 atom stereocenters. The molecule has 0 saturated heterocycles. The lowest BCUT2D eigenvalue weighted by atomic mass is 10.7. The van der Waals surface area contributed by atoms with E-state index < -0.39 is 0 Å². The monoisotopic (exact) mass is 61.0 g/mol. The third kappa shape index (κ3) is 19000. The van der Waals surface area contributed by atoms with Gasteiger partial charge in [-0.3, -0.25) is 4.70 Å². The SMILES string of the molecule is F.[B].[B]F. The Labute approximate surface area is 26.8 Å². The Hall–Kier alpha value is -0.0101. The second-order valence-corrected chi connectivity index (χ2v) is 0. The van der Waals surface area contributed by atoms with Gasteiger partial charge in [0.2, 0.25) is 0 Å². The molecule has 0 aliphatic rings. The second kappa shape index (κ2) is 115000. The minimum Gasteiger partial charge on any atom is -0.350 e. The molecule has 0 aromatic heterocycles. The molecule has 5 radical (unpaired) electrons. The summed E-state index contributed by atoms with van der Waals surface area (Å²) >= 11 is 0. The number of hydrogen-bond donors (Lipinski definition) is 0. The van der Waals surface area contributed by atoms with E-state index in [0.29, 0.717) is 0 Å². The van der Waals surface area contributed by atoms with E-state index in [2.05, 4.69) is 8.12 Å². The summed E-state index contributed by atoms with van der Waals surface area (Å²) < 4.78 is 9.00. The lowest BCUT2D eigenvalue weighted by Crippen LogP contribution is -1.06. The normalized spacial score (nSPS) is 1.25. The molecule has 0 fully saturated rings. The first-order valence-electron chi connectivity index (χ1n) is 0.218. The molecule has 0 bridgehead atoms. The summed E-state index contributed by atoms with van der Waals surface area (Å²) in [4.78, 5) is 0. The van der Waals surface area contributed by atoms with Crippen LogP contribution < -0.4 is 0 Å². The van der Waals surface area contributed by atoms with Crippen LogP contribution in [0.15, 0.2) is 0 Å². The highest BCUT2D eigenvalue weighted by atomic mass is 19.1. The molecule has 0 N–H and O–H groups in total. The van der Waals surface area contributed by atoms with Crippen LogP contribution in [0.5, 0.6) is 0 Å². The van der Waals surface area contributed by atoms with Crippen molar-refractivity contribution in [2.24, 2.45) is 0 Å². The summed E-state index contributed by atoms with van der Waals surface area (Å²) in [6.45, 7) is 0. The van der Waals surface area contributed by atoms with E-state index in [9.17, 15) is 0 Å². The highest BCUT2D eigenvalue weighted by molar-refractivity contribution is 5.96. The van der Waals surface area contributed by atoms with Crippen molar-refractivity contribution in [2.75, 3.05) is 0 Å². The van der Waals surface area contributed by atoms with Crippen LogP contribution in [0.25, 0.3) is 0 Å². The quantitative estimate of drug-likeness (QED) is 0.340. The smallest absolute Gasteiger partial charge is 0.350 e. The van der Waals surface area contributed by atoms with Crippen molar-refractivity contribution in [3.8, 4) is 0 Å². The highest BCUT2D eigenvalue weighted by Gasteiger charge is 1.06. The van der Waals surface area contributed by atoms with Crippen molar-refractivity contribution in [1.82, 2.24) is 0 Å². The van der Waals surface area contributed by atoms with Gasteiger partial charge in [-0.1, -0.05) is 0 Å². The highest BCUT2D eigenvalue weighted by Crippen LogP contribution is 1.10. The Balaban J connectivity index is -0.00000000500. The molecule has 0 saturated carbocycles. The van der Waals surface area contributed by atoms with Crippen LogP contribution in [0.2, 0.25) is 0 Å². The Bertz CT molecular complexity index is 4.00. The molecule has 0 heterocycles. The van der Waals surface area contributed by atoms with Crippen LogP contribution in [0.4, 0.5) is 9.02 Å². The van der Waals surface area contributed by atoms with Crippen molar-refractivity contribution in [2.45, 2.75) is 0 Å². The fraction of sp³-hybridized carbons (Fsp3) is 0. The van der Waals surface area contributed by atoms with E-state index in [-0.39, 0.29) is 13.1 Å². The Kier molecular flexibility index (Phi) is 1050000. The fourth-order valence-electron chi connectivity index (χ4n) is 0. The molecule has 0 spiro atoms. The van der Waals surface area contributed by atoms with Gasteiger partial charge >= 0.3 is 8.12 Å². The van der Waals surface area contributed by atoms with Crippen molar-refractivity contribution >= 4 is 16.5 Å². The van der Waals surface area contributed by atoms with E-state index in [1.807, 2.05) is 0 Å². The summed E-state index contributed by atoms with van der Waals surface area (Å²) in [5, 5.41) is 0. The predicted octanol–water partition coefficient (Wildman–Crippen LogP) is -0.189. The summed E-state index contributed by atoms with van der Waals surface area (Å²) in [7, 11) is 3.00. The summed E-state index contributed by atoms with van der Waals surface area (Å²) in [5.74, 6) is 0. The molecule has 21 valence electrons. The van der Waals surface area contributed by atoms with Gasteiger partial charge in [-0.2, -0.15) is 0 Å². The van der Waals surface area contributed by atoms with Gasteiger partial charge in [0.15, 0.2) is 0 Å². The maximum Gasteiger partial charge on any atom is 0.350 e. The molecule has 0 aromatic carbocycles. The first-order chi connectivity index (χ1) is 1.00. The standard InChI is InChI=1S/BF.B.FH/c1-2;;/h;;1H. The molecule has 0 rings (SSSR count). The zero-order chi connectivity index (χ0) is 2.00. The number of hydrogen-bond acceptors (Lipinski definition) is 0. The van der Waals surface area contributed by atoms with Crippen molar-refractivity contribution in [3.05, 3.63) is 0 Å². The average Bonchev–Trinajstić information content (AvgIpc) is 1.00. The van der Waals surface area contributed by atoms with Crippen molar-refractivity contribution < 1.29 is 9.02 Å². The molecular weight excluding hydrogens is 59.6 g/mol. The molecular formula is HB2F2. The molecule has 0 aliphatic heterocycles. The zero-order valence-corrected chi connectivity index (χ0v) is 1.94. The molecule has 4 heteroatoms. The molecule has 4 heavy (non-hydrogen) atoms. The van der Waals surface area contributed by atoms with E-state index in [1.54, 1.807) is 0 Å². The summed E-state index contributed by atoms with van der Waals surface area (Å²) in [5.41, 5.74) is 0. The molecule has 0 unspecified atom stereocenters. The minimum atomic E-state index is 0. The number of halogens is 2. The van der Waals surface area contributed by atoms with Crippen molar-refractivity contribution in [3.63, 3.8) is 0 Å². The van der Waals surface area contributed by atoms with Crippen LogP contribution in [0.3, 0.4) is 0 Å². The van der Waals surface area contributed by atoms with Gasteiger partial charge in [-0.05, 0) is 0 Å². The Morgan fingerprint density at radius 1 is 1.25 bits per heavy atom. The summed E-state index contributed by atoms with van der Waals surface area (Å²) in [6, 6.07) is 0. The van der Waals surface area contributed by atoms with Crippen LogP contribution in [0, 0.1) is 0 Å². The minimum absolute atomic E-state index is 0. The van der Waals surface area contributed by atoms with E-state index in [1.165, 1.54) is 0 Å². The van der Waals surface area contributed by atoms with Crippen molar-refractivity contribution in [1.29, 1.82) is 0 Å². The van der Waals surface area contributed by atoms with Gasteiger partial charge in [0, 0.05) is 8.41 Å². The van der Waals surface area contributed by atoms with Crippen LogP contribution in [0.1, 0.15) is 0 Å². The van der Waals surface area contributed by atoms with Gasteiger partial charge in [-0.25, -0.2) is 0 Å². The largest absolute Gasteiger partial charge is 0.350 e. The topological polar surface area (TPSA) is 0 Å². The Morgan fingerprint density at radius 3 is 1.25 bits per heavy atom.